The Hall–Kier alpha value is -1.67. The Bertz CT molecular complexity index is 874. The number of rotatable bonds is 7. The quantitative estimate of drug-likeness (QED) is 0.475. The summed E-state index contributed by atoms with van der Waals surface area (Å²) in [5.41, 5.74) is 1.11. The number of nitrogens with one attached hydrogen (secondary N) is 1. The molecular formula is C20H24Cl3N5O2. The van der Waals surface area contributed by atoms with E-state index in [2.05, 4.69) is 32.1 Å². The van der Waals surface area contributed by atoms with Crippen LogP contribution in [0.4, 0.5) is 5.95 Å². The van der Waals surface area contributed by atoms with E-state index in [1.165, 1.54) is 0 Å². The first-order chi connectivity index (χ1) is 14.3. The summed E-state index contributed by atoms with van der Waals surface area (Å²) in [5.74, 6) is 0.861. The van der Waals surface area contributed by atoms with E-state index in [1.54, 1.807) is 31.2 Å². The van der Waals surface area contributed by atoms with Crippen LogP contribution in [0.2, 0.25) is 0 Å². The Labute approximate surface area is 191 Å². The summed E-state index contributed by atoms with van der Waals surface area (Å²) >= 11 is 18.1. The monoisotopic (exact) mass is 471 g/mol. The van der Waals surface area contributed by atoms with E-state index in [9.17, 15) is 4.79 Å². The second-order valence-corrected chi connectivity index (χ2v) is 9.31. The Morgan fingerprint density at radius 1 is 1.20 bits per heavy atom. The fraction of sp³-hybridized carbons (Fsp3) is 0.500. The fourth-order valence-electron chi connectivity index (χ4n) is 3.28. The van der Waals surface area contributed by atoms with Crippen molar-refractivity contribution in [1.82, 2.24) is 19.9 Å². The van der Waals surface area contributed by atoms with Crippen LogP contribution in [0.25, 0.3) is 11.4 Å². The lowest BCUT2D eigenvalue weighted by Crippen LogP contribution is -2.23. The van der Waals surface area contributed by atoms with Crippen LogP contribution in [0, 0.1) is 5.92 Å². The number of nitrogens with zero attached hydrogens (tertiary/aromatic N) is 4. The van der Waals surface area contributed by atoms with Gasteiger partial charge in [0.15, 0.2) is 11.6 Å². The summed E-state index contributed by atoms with van der Waals surface area (Å²) in [6.07, 6.45) is 1.12. The van der Waals surface area contributed by atoms with Crippen molar-refractivity contribution in [2.45, 2.75) is 24.1 Å². The predicted octanol–water partition coefficient (Wildman–Crippen LogP) is 4.30. The second-order valence-electron chi connectivity index (χ2n) is 7.03. The Balaban J connectivity index is 1.81. The number of aromatic nitrogens is 3. The van der Waals surface area contributed by atoms with Crippen molar-refractivity contribution >= 4 is 46.7 Å². The minimum atomic E-state index is -1.79. The van der Waals surface area contributed by atoms with Gasteiger partial charge in [0.1, 0.15) is 0 Å². The number of benzene rings is 1. The van der Waals surface area contributed by atoms with Gasteiger partial charge in [0, 0.05) is 18.7 Å². The molecule has 10 heteroatoms. The van der Waals surface area contributed by atoms with Crippen molar-refractivity contribution in [3.8, 4) is 11.4 Å². The van der Waals surface area contributed by atoms with E-state index < -0.39 is 3.79 Å². The van der Waals surface area contributed by atoms with E-state index in [-0.39, 0.29) is 11.8 Å². The molecular weight excluding hydrogens is 449 g/mol. The standard InChI is InChI=1S/C20H24Cl3N5O2/c1-3-28-10-9-13(12-28)11-24-19-26-16(25-18(27-19)20(21,22)23)14-5-7-15(8-6-14)17(29)30-4-2/h5-8,13H,3-4,9-12H2,1-2H3,(H,24,25,26,27). The van der Waals surface area contributed by atoms with Crippen molar-refractivity contribution in [1.29, 1.82) is 0 Å². The summed E-state index contributed by atoms with van der Waals surface area (Å²) in [5, 5.41) is 3.26. The van der Waals surface area contributed by atoms with Crippen LogP contribution in [0.15, 0.2) is 24.3 Å². The van der Waals surface area contributed by atoms with Gasteiger partial charge in [-0.25, -0.2) is 9.78 Å². The first kappa shape index (κ1) is 23.0. The zero-order chi connectivity index (χ0) is 21.7. The molecule has 2 heterocycles. The lowest BCUT2D eigenvalue weighted by molar-refractivity contribution is 0.0526. The zero-order valence-electron chi connectivity index (χ0n) is 16.9. The SMILES string of the molecule is CCOC(=O)c1ccc(-c2nc(NCC3CCN(CC)C3)nc(C(Cl)(Cl)Cl)n2)cc1. The van der Waals surface area contributed by atoms with Gasteiger partial charge in [-0.1, -0.05) is 53.9 Å². The Morgan fingerprint density at radius 2 is 1.93 bits per heavy atom. The van der Waals surface area contributed by atoms with Gasteiger partial charge < -0.3 is 15.0 Å². The number of halogens is 3. The Kier molecular flexibility index (Phi) is 7.74. The van der Waals surface area contributed by atoms with Crippen LogP contribution in [-0.4, -0.2) is 58.6 Å². The summed E-state index contributed by atoms with van der Waals surface area (Å²) < 4.78 is 3.22. The number of carbonyl (C=O) groups is 1. The summed E-state index contributed by atoms with van der Waals surface area (Å²) in [7, 11) is 0. The summed E-state index contributed by atoms with van der Waals surface area (Å²) in [6, 6.07) is 6.75. The number of anilines is 1. The summed E-state index contributed by atoms with van der Waals surface area (Å²) in [4.78, 5) is 27.3. The molecule has 1 aliphatic heterocycles. The number of likely N-dealkylation sites (tertiary alicyclic amines) is 1. The van der Waals surface area contributed by atoms with Gasteiger partial charge in [0.25, 0.3) is 0 Å². The van der Waals surface area contributed by atoms with Gasteiger partial charge in [-0.05, 0) is 44.5 Å². The van der Waals surface area contributed by atoms with E-state index in [4.69, 9.17) is 39.5 Å². The molecule has 1 unspecified atom stereocenters. The second kappa shape index (κ2) is 10.1. The average Bonchev–Trinajstić information content (AvgIpc) is 3.20. The molecule has 30 heavy (non-hydrogen) atoms. The number of esters is 1. The minimum Gasteiger partial charge on any atom is -0.462 e. The van der Waals surface area contributed by atoms with Crippen LogP contribution in [0.1, 0.15) is 36.5 Å². The van der Waals surface area contributed by atoms with Gasteiger partial charge in [0.2, 0.25) is 9.74 Å². The number of ether oxygens (including phenoxy) is 1. The normalized spacial score (nSPS) is 17.2. The first-order valence-corrected chi connectivity index (χ1v) is 11.0. The van der Waals surface area contributed by atoms with Gasteiger partial charge in [-0.3, -0.25) is 0 Å². The van der Waals surface area contributed by atoms with Crippen LogP contribution < -0.4 is 5.32 Å². The maximum atomic E-state index is 11.9. The summed E-state index contributed by atoms with van der Waals surface area (Å²) in [6.45, 7) is 8.13. The van der Waals surface area contributed by atoms with E-state index in [0.717, 1.165) is 32.6 Å². The number of alkyl halides is 3. The molecule has 1 aromatic heterocycles. The van der Waals surface area contributed by atoms with E-state index in [0.29, 0.717) is 35.4 Å². The molecule has 2 aromatic rings. The first-order valence-electron chi connectivity index (χ1n) is 9.87. The van der Waals surface area contributed by atoms with Crippen LogP contribution >= 0.6 is 34.8 Å². The highest BCUT2D eigenvalue weighted by atomic mass is 35.6. The molecule has 0 amide bonds. The largest absolute Gasteiger partial charge is 0.462 e. The number of carbonyl (C=O) groups excluding carboxylic acids is 1. The van der Waals surface area contributed by atoms with Crippen molar-refractivity contribution < 1.29 is 9.53 Å². The van der Waals surface area contributed by atoms with Gasteiger partial charge >= 0.3 is 5.97 Å². The molecule has 1 saturated heterocycles. The van der Waals surface area contributed by atoms with Crippen LogP contribution in [0.3, 0.4) is 0 Å². The van der Waals surface area contributed by atoms with Crippen molar-refractivity contribution in [3.05, 3.63) is 35.7 Å². The maximum Gasteiger partial charge on any atom is 0.338 e. The van der Waals surface area contributed by atoms with Crippen molar-refractivity contribution in [3.63, 3.8) is 0 Å². The molecule has 0 aliphatic carbocycles. The molecule has 1 atom stereocenters. The highest BCUT2D eigenvalue weighted by Gasteiger charge is 2.29. The molecule has 0 radical (unpaired) electrons. The third-order valence-corrected chi connectivity index (χ3v) is 5.42. The molecule has 0 saturated carbocycles. The third-order valence-electron chi connectivity index (χ3n) is 4.91. The Morgan fingerprint density at radius 3 is 2.53 bits per heavy atom. The van der Waals surface area contributed by atoms with Gasteiger partial charge in [0.05, 0.1) is 12.2 Å². The third kappa shape index (κ3) is 5.94. The molecule has 1 aliphatic rings. The molecule has 0 spiro atoms. The molecule has 162 valence electrons. The molecule has 1 aromatic carbocycles. The van der Waals surface area contributed by atoms with Crippen LogP contribution in [0.5, 0.6) is 0 Å². The van der Waals surface area contributed by atoms with Crippen LogP contribution in [-0.2, 0) is 8.53 Å². The molecule has 1 N–H and O–H groups in total. The predicted molar refractivity (Wildman–Crippen MR) is 119 cm³/mol. The zero-order valence-corrected chi connectivity index (χ0v) is 19.1. The lowest BCUT2D eigenvalue weighted by Gasteiger charge is -2.16. The number of hydrogen-bond acceptors (Lipinski definition) is 7. The lowest BCUT2D eigenvalue weighted by atomic mass is 10.1. The highest BCUT2D eigenvalue weighted by molar-refractivity contribution is 6.66. The van der Waals surface area contributed by atoms with E-state index >= 15 is 0 Å². The minimum absolute atomic E-state index is 0.0380. The van der Waals surface area contributed by atoms with Crippen molar-refractivity contribution in [2.75, 3.05) is 38.1 Å². The molecule has 1 fully saturated rings. The average molecular weight is 473 g/mol. The van der Waals surface area contributed by atoms with Gasteiger partial charge in [-0.2, -0.15) is 9.97 Å². The molecule has 3 rings (SSSR count). The maximum absolute atomic E-state index is 11.9. The van der Waals surface area contributed by atoms with Crippen molar-refractivity contribution in [2.24, 2.45) is 5.92 Å². The van der Waals surface area contributed by atoms with Gasteiger partial charge in [-0.15, -0.1) is 0 Å². The smallest absolute Gasteiger partial charge is 0.338 e. The highest BCUT2D eigenvalue weighted by Crippen LogP contribution is 2.37. The molecule has 7 nitrogen and oxygen atoms in total. The topological polar surface area (TPSA) is 80.2 Å². The molecule has 0 bridgehead atoms. The fourth-order valence-corrected chi connectivity index (χ4v) is 3.54. The van der Waals surface area contributed by atoms with E-state index in [1.807, 2.05) is 0 Å². The number of hydrogen-bond donors (Lipinski definition) is 1.